The molecule has 0 N–H and O–H groups in total. The average molecular weight is 398 g/mol. The minimum absolute atomic E-state index is 0.108. The first kappa shape index (κ1) is 20.7. The molecule has 0 aliphatic rings. The van der Waals surface area contributed by atoms with E-state index in [1.165, 1.54) is 0 Å². The van der Waals surface area contributed by atoms with Crippen LogP contribution in [0.15, 0.2) is 30.6 Å². The van der Waals surface area contributed by atoms with Crippen LogP contribution in [0.25, 0.3) is 0 Å². The third-order valence-electron chi connectivity index (χ3n) is 3.99. The quantitative estimate of drug-likeness (QED) is 0.634. The molecule has 0 unspecified atom stereocenters. The van der Waals surface area contributed by atoms with Crippen LogP contribution in [0.4, 0.5) is 0 Å². The number of hydrogen-bond donors (Lipinski definition) is 0. The fraction of sp³-hybridized carbons (Fsp3) is 0.474. The van der Waals surface area contributed by atoms with Gasteiger partial charge in [0.15, 0.2) is 0 Å². The Bertz CT molecular complexity index is 731. The van der Waals surface area contributed by atoms with Crippen molar-refractivity contribution < 1.29 is 9.53 Å². The molecule has 26 heavy (non-hydrogen) atoms. The Balaban J connectivity index is 2.14. The highest BCUT2D eigenvalue weighted by atomic mass is 35.5. The Hall–Kier alpha value is -1.56. The first-order chi connectivity index (χ1) is 12.4. The maximum atomic E-state index is 12.5. The summed E-state index contributed by atoms with van der Waals surface area (Å²) in [5, 5.41) is 1.22. The third kappa shape index (κ3) is 6.01. The second-order valence-electron chi connectivity index (χ2n) is 6.61. The Kier molecular flexibility index (Phi) is 7.94. The summed E-state index contributed by atoms with van der Waals surface area (Å²) in [5.41, 5.74) is 0.951. The van der Waals surface area contributed by atoms with Gasteiger partial charge in [-0.15, -0.1) is 0 Å². The van der Waals surface area contributed by atoms with Crippen LogP contribution in [0.1, 0.15) is 31.7 Å². The number of ether oxygens (including phenoxy) is 1. The number of aromatic nitrogens is 2. The summed E-state index contributed by atoms with van der Waals surface area (Å²) in [4.78, 5) is 18.8. The van der Waals surface area contributed by atoms with Gasteiger partial charge in [0.1, 0.15) is 5.82 Å². The molecular formula is C19H25Cl2N3O2. The topological polar surface area (TPSA) is 47.4 Å². The van der Waals surface area contributed by atoms with E-state index in [0.717, 1.165) is 11.4 Å². The molecule has 0 spiro atoms. The molecule has 0 saturated heterocycles. The van der Waals surface area contributed by atoms with Crippen LogP contribution in [-0.2, 0) is 22.6 Å². The van der Waals surface area contributed by atoms with Gasteiger partial charge in [-0.05, 0) is 23.6 Å². The van der Waals surface area contributed by atoms with Gasteiger partial charge in [0.05, 0.1) is 19.7 Å². The summed E-state index contributed by atoms with van der Waals surface area (Å²) in [6.45, 7) is 6.12. The number of rotatable bonds is 9. The van der Waals surface area contributed by atoms with E-state index in [4.69, 9.17) is 27.9 Å². The summed E-state index contributed by atoms with van der Waals surface area (Å²) >= 11 is 12.2. The van der Waals surface area contributed by atoms with Crippen LogP contribution >= 0.6 is 23.2 Å². The lowest BCUT2D eigenvalue weighted by atomic mass is 10.1. The first-order valence-electron chi connectivity index (χ1n) is 8.61. The molecule has 1 amide bonds. The van der Waals surface area contributed by atoms with Crippen molar-refractivity contribution in [1.82, 2.24) is 14.5 Å². The number of carbonyl (C=O) groups is 1. The lowest BCUT2D eigenvalue weighted by molar-refractivity contribution is -0.133. The van der Waals surface area contributed by atoms with E-state index in [-0.39, 0.29) is 5.91 Å². The minimum Gasteiger partial charge on any atom is -0.383 e. The fourth-order valence-corrected chi connectivity index (χ4v) is 3.08. The van der Waals surface area contributed by atoms with Crippen molar-refractivity contribution in [2.24, 2.45) is 5.92 Å². The molecule has 0 bridgehead atoms. The summed E-state index contributed by atoms with van der Waals surface area (Å²) in [5.74, 6) is 1.22. The maximum Gasteiger partial charge on any atom is 0.223 e. The highest BCUT2D eigenvalue weighted by molar-refractivity contribution is 6.35. The van der Waals surface area contributed by atoms with Gasteiger partial charge in [-0.2, -0.15) is 0 Å². The molecule has 1 aromatic carbocycles. The smallest absolute Gasteiger partial charge is 0.223 e. The number of hydrogen-bond acceptors (Lipinski definition) is 3. The van der Waals surface area contributed by atoms with E-state index in [1.807, 2.05) is 36.7 Å². The molecule has 2 rings (SSSR count). The third-order valence-corrected chi connectivity index (χ3v) is 4.58. The number of benzene rings is 1. The Morgan fingerprint density at radius 3 is 2.77 bits per heavy atom. The van der Waals surface area contributed by atoms with E-state index in [1.54, 1.807) is 24.3 Å². The number of methoxy groups -OCH3 is 1. The normalized spacial score (nSPS) is 11.2. The van der Waals surface area contributed by atoms with Gasteiger partial charge in [-0.1, -0.05) is 43.1 Å². The molecule has 0 aliphatic heterocycles. The van der Waals surface area contributed by atoms with Crippen molar-refractivity contribution in [2.45, 2.75) is 33.4 Å². The number of imidazole rings is 1. The van der Waals surface area contributed by atoms with Crippen molar-refractivity contribution in [3.63, 3.8) is 0 Å². The number of amides is 1. The zero-order valence-corrected chi connectivity index (χ0v) is 16.9. The lowest BCUT2D eigenvalue weighted by Gasteiger charge is -2.23. The molecule has 0 saturated carbocycles. The Morgan fingerprint density at radius 1 is 1.35 bits per heavy atom. The molecule has 0 atom stereocenters. The molecule has 0 radical (unpaired) electrons. The van der Waals surface area contributed by atoms with Crippen molar-refractivity contribution in [2.75, 3.05) is 20.3 Å². The van der Waals surface area contributed by atoms with Crippen molar-refractivity contribution >= 4 is 29.1 Å². The highest BCUT2D eigenvalue weighted by Gasteiger charge is 2.18. The van der Waals surface area contributed by atoms with Gasteiger partial charge >= 0.3 is 0 Å². The van der Waals surface area contributed by atoms with E-state index in [2.05, 4.69) is 4.98 Å². The average Bonchev–Trinajstić information content (AvgIpc) is 3.00. The molecule has 2 aromatic rings. The maximum absolute atomic E-state index is 12.5. The van der Waals surface area contributed by atoms with Crippen LogP contribution in [0.2, 0.25) is 10.0 Å². The molecule has 1 heterocycles. The van der Waals surface area contributed by atoms with Gasteiger partial charge in [-0.25, -0.2) is 4.98 Å². The zero-order valence-electron chi connectivity index (χ0n) is 15.4. The predicted octanol–water partition coefficient (Wildman–Crippen LogP) is 4.26. The van der Waals surface area contributed by atoms with Crippen LogP contribution in [0, 0.1) is 5.92 Å². The Morgan fingerprint density at radius 2 is 2.12 bits per heavy atom. The van der Waals surface area contributed by atoms with Crippen LogP contribution in [-0.4, -0.2) is 40.6 Å². The van der Waals surface area contributed by atoms with Crippen molar-refractivity contribution in [3.05, 3.63) is 52.0 Å². The summed E-state index contributed by atoms with van der Waals surface area (Å²) < 4.78 is 7.15. The number of nitrogens with zero attached hydrogens (tertiary/aromatic N) is 3. The van der Waals surface area contributed by atoms with Gasteiger partial charge in [0.2, 0.25) is 5.91 Å². The standard InChI is InChI=1S/C19H25Cl2N3O2/c1-14(2)10-19(25)24(8-9-26-3)13-18-22-6-7-23(18)12-15-4-5-16(20)11-17(15)21/h4-7,11,14H,8-10,12-13H2,1-3H3. The van der Waals surface area contributed by atoms with Crippen LogP contribution in [0.5, 0.6) is 0 Å². The van der Waals surface area contributed by atoms with Crippen molar-refractivity contribution in [3.8, 4) is 0 Å². The second kappa shape index (κ2) is 9.95. The summed E-state index contributed by atoms with van der Waals surface area (Å²) in [6, 6.07) is 5.45. The molecule has 5 nitrogen and oxygen atoms in total. The van der Waals surface area contributed by atoms with Crippen molar-refractivity contribution in [1.29, 1.82) is 0 Å². The zero-order chi connectivity index (χ0) is 19.1. The molecule has 1 aromatic heterocycles. The van der Waals surface area contributed by atoms with Gasteiger partial charge < -0.3 is 14.2 Å². The molecular weight excluding hydrogens is 373 g/mol. The lowest BCUT2D eigenvalue weighted by Crippen LogP contribution is -2.35. The molecule has 0 fully saturated rings. The van der Waals surface area contributed by atoms with Gasteiger partial charge in [-0.3, -0.25) is 4.79 Å². The monoisotopic (exact) mass is 397 g/mol. The largest absolute Gasteiger partial charge is 0.383 e. The highest BCUT2D eigenvalue weighted by Crippen LogP contribution is 2.22. The first-order valence-corrected chi connectivity index (χ1v) is 9.37. The predicted molar refractivity (Wildman–Crippen MR) is 105 cm³/mol. The molecule has 7 heteroatoms. The molecule has 142 valence electrons. The Labute approximate surface area is 164 Å². The summed E-state index contributed by atoms with van der Waals surface area (Å²) in [7, 11) is 1.63. The fourth-order valence-electron chi connectivity index (χ4n) is 2.61. The molecule has 0 aliphatic carbocycles. The van der Waals surface area contributed by atoms with Crippen LogP contribution < -0.4 is 0 Å². The van der Waals surface area contributed by atoms with E-state index in [0.29, 0.717) is 48.6 Å². The van der Waals surface area contributed by atoms with E-state index >= 15 is 0 Å². The summed E-state index contributed by atoms with van der Waals surface area (Å²) in [6.07, 6.45) is 4.13. The van der Waals surface area contributed by atoms with Crippen LogP contribution in [0.3, 0.4) is 0 Å². The van der Waals surface area contributed by atoms with E-state index < -0.39 is 0 Å². The second-order valence-corrected chi connectivity index (χ2v) is 7.46. The minimum atomic E-state index is 0.108. The van der Waals surface area contributed by atoms with Gasteiger partial charge in [0.25, 0.3) is 0 Å². The SMILES string of the molecule is COCCN(Cc1nccn1Cc1ccc(Cl)cc1Cl)C(=O)CC(C)C. The van der Waals surface area contributed by atoms with E-state index in [9.17, 15) is 4.79 Å². The number of halogens is 2. The van der Waals surface area contributed by atoms with Gasteiger partial charge in [0, 0.05) is 42.5 Å². The number of carbonyl (C=O) groups excluding carboxylic acids is 1.